The Bertz CT molecular complexity index is 647. The molecule has 18 heavy (non-hydrogen) atoms. The standard InChI is InChI=1S/C14H13NO3/c1-8(2)14(18)15-10-6-9-4-3-5-11(16)13(9)12(17)7-10/h3-7,16-17H,1H2,2H3,(H,15,18). The minimum absolute atomic E-state index is 0.00257. The van der Waals surface area contributed by atoms with Crippen molar-refractivity contribution in [3.63, 3.8) is 0 Å². The van der Waals surface area contributed by atoms with Gasteiger partial charge in [0.1, 0.15) is 11.5 Å². The van der Waals surface area contributed by atoms with Gasteiger partial charge in [0.15, 0.2) is 0 Å². The lowest BCUT2D eigenvalue weighted by molar-refractivity contribution is -0.112. The van der Waals surface area contributed by atoms with E-state index in [1.54, 1.807) is 25.1 Å². The highest BCUT2D eigenvalue weighted by Gasteiger charge is 2.09. The van der Waals surface area contributed by atoms with Gasteiger partial charge in [0.2, 0.25) is 0 Å². The van der Waals surface area contributed by atoms with Crippen molar-refractivity contribution < 1.29 is 15.0 Å². The third-order valence-corrected chi connectivity index (χ3v) is 2.58. The number of nitrogens with one attached hydrogen (secondary N) is 1. The highest BCUT2D eigenvalue weighted by atomic mass is 16.3. The molecule has 2 aromatic rings. The largest absolute Gasteiger partial charge is 0.507 e. The molecular formula is C14H13NO3. The van der Waals surface area contributed by atoms with Crippen molar-refractivity contribution in [1.82, 2.24) is 0 Å². The maximum absolute atomic E-state index is 11.5. The first-order valence-corrected chi connectivity index (χ1v) is 5.40. The number of hydrogen-bond acceptors (Lipinski definition) is 3. The van der Waals surface area contributed by atoms with E-state index in [0.717, 1.165) is 0 Å². The van der Waals surface area contributed by atoms with E-state index in [0.29, 0.717) is 22.0 Å². The Morgan fingerprint density at radius 3 is 2.61 bits per heavy atom. The number of phenols is 2. The normalized spacial score (nSPS) is 10.3. The number of carbonyl (C=O) groups excluding carboxylic acids is 1. The van der Waals surface area contributed by atoms with E-state index in [1.807, 2.05) is 0 Å². The number of benzene rings is 2. The Labute approximate surface area is 104 Å². The van der Waals surface area contributed by atoms with Crippen LogP contribution in [0.25, 0.3) is 10.8 Å². The predicted octanol–water partition coefficient (Wildman–Crippen LogP) is 2.77. The molecule has 0 atom stereocenters. The quantitative estimate of drug-likeness (QED) is 0.710. The molecule has 4 heteroatoms. The van der Waals surface area contributed by atoms with Crippen molar-refractivity contribution in [2.24, 2.45) is 0 Å². The molecule has 92 valence electrons. The molecule has 2 rings (SSSR count). The molecule has 0 aliphatic carbocycles. The fourth-order valence-electron chi connectivity index (χ4n) is 1.70. The van der Waals surface area contributed by atoms with Gasteiger partial charge >= 0.3 is 0 Å². The van der Waals surface area contributed by atoms with Gasteiger partial charge in [-0.1, -0.05) is 18.7 Å². The average Bonchev–Trinajstić information content (AvgIpc) is 2.28. The van der Waals surface area contributed by atoms with Crippen molar-refractivity contribution in [2.75, 3.05) is 5.32 Å². The van der Waals surface area contributed by atoms with Gasteiger partial charge in [0, 0.05) is 17.3 Å². The monoisotopic (exact) mass is 243 g/mol. The van der Waals surface area contributed by atoms with E-state index in [-0.39, 0.29) is 17.4 Å². The van der Waals surface area contributed by atoms with Crippen LogP contribution in [0.3, 0.4) is 0 Å². The summed E-state index contributed by atoms with van der Waals surface area (Å²) in [7, 11) is 0. The van der Waals surface area contributed by atoms with E-state index in [4.69, 9.17) is 0 Å². The molecule has 0 aromatic heterocycles. The summed E-state index contributed by atoms with van der Waals surface area (Å²) < 4.78 is 0. The van der Waals surface area contributed by atoms with Crippen LogP contribution in [-0.4, -0.2) is 16.1 Å². The SMILES string of the molecule is C=C(C)C(=O)Nc1cc(O)c2c(O)cccc2c1. The van der Waals surface area contributed by atoms with E-state index in [9.17, 15) is 15.0 Å². The number of phenolic OH excluding ortho intramolecular Hbond substituents is 2. The smallest absolute Gasteiger partial charge is 0.250 e. The van der Waals surface area contributed by atoms with Crippen LogP contribution in [0.4, 0.5) is 5.69 Å². The van der Waals surface area contributed by atoms with E-state index >= 15 is 0 Å². The second-order valence-electron chi connectivity index (χ2n) is 4.11. The molecular weight excluding hydrogens is 230 g/mol. The molecule has 0 radical (unpaired) electrons. The van der Waals surface area contributed by atoms with Gasteiger partial charge < -0.3 is 15.5 Å². The first-order chi connectivity index (χ1) is 8.49. The van der Waals surface area contributed by atoms with Gasteiger partial charge in [-0.3, -0.25) is 4.79 Å². The highest BCUT2D eigenvalue weighted by molar-refractivity contribution is 6.05. The average molecular weight is 243 g/mol. The highest BCUT2D eigenvalue weighted by Crippen LogP contribution is 2.35. The summed E-state index contributed by atoms with van der Waals surface area (Å²) in [6, 6.07) is 7.97. The minimum atomic E-state index is -0.311. The molecule has 0 bridgehead atoms. The summed E-state index contributed by atoms with van der Waals surface area (Å²) in [4.78, 5) is 11.5. The summed E-state index contributed by atoms with van der Waals surface area (Å²) in [6.45, 7) is 5.13. The molecule has 4 nitrogen and oxygen atoms in total. The van der Waals surface area contributed by atoms with Crippen LogP contribution in [0, 0.1) is 0 Å². The number of hydrogen-bond donors (Lipinski definition) is 3. The summed E-state index contributed by atoms with van der Waals surface area (Å²) in [6.07, 6.45) is 0. The van der Waals surface area contributed by atoms with Gasteiger partial charge in [-0.15, -0.1) is 0 Å². The van der Waals surface area contributed by atoms with Crippen LogP contribution in [0.5, 0.6) is 11.5 Å². The molecule has 2 aromatic carbocycles. The molecule has 0 saturated heterocycles. The first kappa shape index (κ1) is 12.0. The lowest BCUT2D eigenvalue weighted by atomic mass is 10.1. The third kappa shape index (κ3) is 2.13. The van der Waals surface area contributed by atoms with Crippen LogP contribution >= 0.6 is 0 Å². The second kappa shape index (κ2) is 4.41. The number of fused-ring (bicyclic) bond motifs is 1. The molecule has 1 amide bonds. The molecule has 0 aliphatic heterocycles. The second-order valence-corrected chi connectivity index (χ2v) is 4.11. The summed E-state index contributed by atoms with van der Waals surface area (Å²) >= 11 is 0. The number of rotatable bonds is 2. The van der Waals surface area contributed by atoms with Crippen LogP contribution in [0.15, 0.2) is 42.5 Å². The van der Waals surface area contributed by atoms with Crippen LogP contribution < -0.4 is 5.32 Å². The van der Waals surface area contributed by atoms with Crippen molar-refractivity contribution in [1.29, 1.82) is 0 Å². The molecule has 0 fully saturated rings. The Morgan fingerprint density at radius 1 is 1.22 bits per heavy atom. The fourth-order valence-corrected chi connectivity index (χ4v) is 1.70. The molecule has 0 spiro atoms. The molecule has 3 N–H and O–H groups in total. The van der Waals surface area contributed by atoms with Gasteiger partial charge in [-0.2, -0.15) is 0 Å². The van der Waals surface area contributed by atoms with Crippen molar-refractivity contribution in [3.05, 3.63) is 42.5 Å². The first-order valence-electron chi connectivity index (χ1n) is 5.40. The maximum Gasteiger partial charge on any atom is 0.250 e. The number of anilines is 1. The minimum Gasteiger partial charge on any atom is -0.507 e. The summed E-state index contributed by atoms with van der Waals surface area (Å²) in [5.74, 6) is -0.390. The summed E-state index contributed by atoms with van der Waals surface area (Å²) in [5, 5.41) is 23.1. The summed E-state index contributed by atoms with van der Waals surface area (Å²) in [5.41, 5.74) is 0.837. The van der Waals surface area contributed by atoms with Gasteiger partial charge in [0.05, 0.1) is 5.39 Å². The molecule has 0 saturated carbocycles. The zero-order chi connectivity index (χ0) is 13.3. The lowest BCUT2D eigenvalue weighted by Crippen LogP contribution is -2.11. The predicted molar refractivity (Wildman–Crippen MR) is 70.7 cm³/mol. The Kier molecular flexibility index (Phi) is 2.93. The molecule has 0 aliphatic rings. The topological polar surface area (TPSA) is 69.6 Å². The van der Waals surface area contributed by atoms with Crippen LogP contribution in [-0.2, 0) is 4.79 Å². The van der Waals surface area contributed by atoms with E-state index < -0.39 is 0 Å². The fraction of sp³-hybridized carbons (Fsp3) is 0.0714. The van der Waals surface area contributed by atoms with Crippen molar-refractivity contribution >= 4 is 22.4 Å². The van der Waals surface area contributed by atoms with Crippen LogP contribution in [0.2, 0.25) is 0 Å². The van der Waals surface area contributed by atoms with Crippen molar-refractivity contribution in [3.8, 4) is 11.5 Å². The Morgan fingerprint density at radius 2 is 1.94 bits per heavy atom. The van der Waals surface area contributed by atoms with Gasteiger partial charge in [-0.25, -0.2) is 0 Å². The van der Waals surface area contributed by atoms with Crippen LogP contribution in [0.1, 0.15) is 6.92 Å². The molecule has 0 unspecified atom stereocenters. The number of carbonyl (C=O) groups is 1. The molecule has 0 heterocycles. The zero-order valence-electron chi connectivity index (χ0n) is 9.90. The maximum atomic E-state index is 11.5. The zero-order valence-corrected chi connectivity index (χ0v) is 9.90. The Hall–Kier alpha value is -2.49. The van der Waals surface area contributed by atoms with E-state index in [2.05, 4.69) is 11.9 Å². The lowest BCUT2D eigenvalue weighted by Gasteiger charge is -2.09. The third-order valence-electron chi connectivity index (χ3n) is 2.58. The van der Waals surface area contributed by atoms with E-state index in [1.165, 1.54) is 12.1 Å². The number of aromatic hydroxyl groups is 2. The van der Waals surface area contributed by atoms with Gasteiger partial charge in [0.25, 0.3) is 5.91 Å². The number of amides is 1. The van der Waals surface area contributed by atoms with Crippen molar-refractivity contribution in [2.45, 2.75) is 6.92 Å². The van der Waals surface area contributed by atoms with Gasteiger partial charge in [-0.05, 0) is 24.4 Å². The Balaban J connectivity index is 2.50.